The number of carbonyl (C=O) groups excluding carboxylic acids is 3. The molecule has 8 heteroatoms. The van der Waals surface area contributed by atoms with Crippen LogP contribution in [-0.2, 0) is 9.59 Å². The molecule has 0 bridgehead atoms. The zero-order valence-corrected chi connectivity index (χ0v) is 15.5. The normalized spacial score (nSPS) is 13.4. The van der Waals surface area contributed by atoms with Crippen molar-refractivity contribution >= 4 is 40.9 Å². The minimum atomic E-state index is -0.263. The smallest absolute Gasteiger partial charge is 0.255 e. The van der Waals surface area contributed by atoms with Gasteiger partial charge in [0, 0.05) is 16.9 Å². The summed E-state index contributed by atoms with van der Waals surface area (Å²) in [5, 5.41) is 5.52. The van der Waals surface area contributed by atoms with Gasteiger partial charge in [-0.3, -0.25) is 14.4 Å². The number of ether oxygens (including phenoxy) is 1. The first-order valence-corrected chi connectivity index (χ1v) is 9.41. The van der Waals surface area contributed by atoms with Crippen molar-refractivity contribution in [1.82, 2.24) is 4.90 Å². The molecule has 2 N–H and O–H groups in total. The maximum absolute atomic E-state index is 12.3. The van der Waals surface area contributed by atoms with E-state index >= 15 is 0 Å². The molecule has 2 aromatic rings. The Morgan fingerprint density at radius 3 is 2.26 bits per heavy atom. The van der Waals surface area contributed by atoms with Crippen molar-refractivity contribution in [2.24, 2.45) is 0 Å². The highest BCUT2D eigenvalue weighted by Gasteiger charge is 2.22. The summed E-state index contributed by atoms with van der Waals surface area (Å²) in [6.45, 7) is 0.0333. The zero-order chi connectivity index (χ0) is 19.2. The lowest BCUT2D eigenvalue weighted by atomic mass is 10.2. The van der Waals surface area contributed by atoms with Crippen LogP contribution in [0.1, 0.15) is 10.4 Å². The molecule has 0 unspecified atom stereocenters. The first kappa shape index (κ1) is 18.8. The van der Waals surface area contributed by atoms with E-state index < -0.39 is 0 Å². The second kappa shape index (κ2) is 8.59. The van der Waals surface area contributed by atoms with Crippen molar-refractivity contribution in [3.63, 3.8) is 0 Å². The highest BCUT2D eigenvalue weighted by atomic mass is 32.2. The third-order valence-corrected chi connectivity index (χ3v) is 4.88. The van der Waals surface area contributed by atoms with Crippen LogP contribution in [-0.4, -0.2) is 47.9 Å². The maximum Gasteiger partial charge on any atom is 0.255 e. The predicted octanol–water partition coefficient (Wildman–Crippen LogP) is 2.42. The standard InChI is InChI=1S/C19H19N3O4S/c1-26-16-8-6-15(7-9-16)21-19(25)13-2-4-14(5-3-13)20-17(23)10-22-12-27-11-18(22)24/h2-9H,10-12H2,1H3,(H,20,23)(H,21,25). The molecular weight excluding hydrogens is 366 g/mol. The first-order valence-electron chi connectivity index (χ1n) is 8.26. The Hall–Kier alpha value is -3.00. The van der Waals surface area contributed by atoms with E-state index in [4.69, 9.17) is 4.74 Å². The van der Waals surface area contributed by atoms with Gasteiger partial charge in [-0.05, 0) is 48.5 Å². The van der Waals surface area contributed by atoms with Gasteiger partial charge in [-0.1, -0.05) is 0 Å². The molecule has 0 saturated carbocycles. The quantitative estimate of drug-likeness (QED) is 0.797. The highest BCUT2D eigenvalue weighted by Crippen LogP contribution is 2.17. The third-order valence-electron chi connectivity index (χ3n) is 3.94. The topological polar surface area (TPSA) is 87.7 Å². The van der Waals surface area contributed by atoms with E-state index in [9.17, 15) is 14.4 Å². The van der Waals surface area contributed by atoms with Gasteiger partial charge >= 0.3 is 0 Å². The summed E-state index contributed by atoms with van der Waals surface area (Å²) in [4.78, 5) is 37.4. The van der Waals surface area contributed by atoms with Crippen molar-refractivity contribution in [3.8, 4) is 5.75 Å². The molecule has 0 atom stereocenters. The van der Waals surface area contributed by atoms with Crippen LogP contribution in [0.15, 0.2) is 48.5 Å². The SMILES string of the molecule is COc1ccc(NC(=O)c2ccc(NC(=O)CN3CSCC3=O)cc2)cc1. The van der Waals surface area contributed by atoms with Gasteiger partial charge in [0.2, 0.25) is 11.8 Å². The van der Waals surface area contributed by atoms with Gasteiger partial charge < -0.3 is 20.3 Å². The molecule has 1 saturated heterocycles. The van der Waals surface area contributed by atoms with Gasteiger partial charge in [-0.25, -0.2) is 0 Å². The van der Waals surface area contributed by atoms with Crippen LogP contribution in [0.4, 0.5) is 11.4 Å². The summed E-state index contributed by atoms with van der Waals surface area (Å²) >= 11 is 1.49. The van der Waals surface area contributed by atoms with E-state index in [0.717, 1.165) is 0 Å². The Balaban J connectivity index is 1.54. The lowest BCUT2D eigenvalue weighted by Gasteiger charge is -2.14. The number of thioether (sulfide) groups is 1. The summed E-state index contributed by atoms with van der Waals surface area (Å²) in [7, 11) is 1.58. The lowest BCUT2D eigenvalue weighted by molar-refractivity contribution is -0.130. The number of benzene rings is 2. The van der Waals surface area contributed by atoms with Crippen LogP contribution < -0.4 is 15.4 Å². The van der Waals surface area contributed by atoms with Crippen molar-refractivity contribution < 1.29 is 19.1 Å². The fourth-order valence-electron chi connectivity index (χ4n) is 2.50. The third kappa shape index (κ3) is 5.01. The van der Waals surface area contributed by atoms with Crippen LogP contribution in [0.2, 0.25) is 0 Å². The molecule has 0 spiro atoms. The zero-order valence-electron chi connectivity index (χ0n) is 14.7. The van der Waals surface area contributed by atoms with Gasteiger partial charge in [0.25, 0.3) is 5.91 Å². The fraction of sp³-hybridized carbons (Fsp3) is 0.211. The molecular formula is C19H19N3O4S. The number of carbonyl (C=O) groups is 3. The van der Waals surface area contributed by atoms with E-state index in [1.807, 2.05) is 0 Å². The van der Waals surface area contributed by atoms with E-state index in [2.05, 4.69) is 10.6 Å². The minimum Gasteiger partial charge on any atom is -0.497 e. The van der Waals surface area contributed by atoms with Crippen molar-refractivity contribution in [1.29, 1.82) is 0 Å². The molecule has 0 aliphatic carbocycles. The number of hydrogen-bond acceptors (Lipinski definition) is 5. The summed E-state index contributed by atoms with van der Waals surface area (Å²) < 4.78 is 5.08. The Morgan fingerprint density at radius 2 is 1.67 bits per heavy atom. The van der Waals surface area contributed by atoms with E-state index in [1.54, 1.807) is 55.6 Å². The van der Waals surface area contributed by atoms with Crippen LogP contribution in [0.5, 0.6) is 5.75 Å². The molecule has 0 aromatic heterocycles. The summed E-state index contributed by atoms with van der Waals surface area (Å²) in [5.74, 6) is 1.13. The maximum atomic E-state index is 12.3. The Labute approximate surface area is 161 Å². The lowest BCUT2D eigenvalue weighted by Crippen LogP contribution is -2.34. The molecule has 2 aromatic carbocycles. The van der Waals surface area contributed by atoms with E-state index in [1.165, 1.54) is 16.7 Å². The Kier molecular flexibility index (Phi) is 5.97. The van der Waals surface area contributed by atoms with Gasteiger partial charge in [0.1, 0.15) is 12.3 Å². The molecule has 0 radical (unpaired) electrons. The van der Waals surface area contributed by atoms with Crippen LogP contribution in [0, 0.1) is 0 Å². The van der Waals surface area contributed by atoms with Crippen molar-refractivity contribution in [3.05, 3.63) is 54.1 Å². The van der Waals surface area contributed by atoms with E-state index in [0.29, 0.717) is 34.3 Å². The molecule has 27 heavy (non-hydrogen) atoms. The molecule has 1 aliphatic heterocycles. The highest BCUT2D eigenvalue weighted by molar-refractivity contribution is 8.00. The molecule has 1 heterocycles. The van der Waals surface area contributed by atoms with Gasteiger partial charge in [-0.2, -0.15) is 0 Å². The summed E-state index contributed by atoms with van der Waals surface area (Å²) in [6, 6.07) is 13.6. The molecule has 7 nitrogen and oxygen atoms in total. The summed E-state index contributed by atoms with van der Waals surface area (Å²) in [6.07, 6.45) is 0. The largest absolute Gasteiger partial charge is 0.497 e. The molecule has 1 fully saturated rings. The monoisotopic (exact) mass is 385 g/mol. The first-order chi connectivity index (χ1) is 13.0. The summed E-state index contributed by atoms with van der Waals surface area (Å²) in [5.41, 5.74) is 1.70. The average molecular weight is 385 g/mol. The number of anilines is 2. The van der Waals surface area contributed by atoms with Crippen LogP contribution >= 0.6 is 11.8 Å². The second-order valence-electron chi connectivity index (χ2n) is 5.88. The molecule has 1 aliphatic rings. The Bertz CT molecular complexity index is 837. The number of rotatable bonds is 6. The average Bonchev–Trinajstić information content (AvgIpc) is 3.07. The number of methoxy groups -OCH3 is 1. The Morgan fingerprint density at radius 1 is 1.04 bits per heavy atom. The van der Waals surface area contributed by atoms with Crippen molar-refractivity contribution in [2.45, 2.75) is 0 Å². The van der Waals surface area contributed by atoms with Gasteiger partial charge in [-0.15, -0.1) is 11.8 Å². The fourth-order valence-corrected chi connectivity index (χ4v) is 3.40. The number of hydrogen-bond donors (Lipinski definition) is 2. The predicted molar refractivity (Wildman–Crippen MR) is 105 cm³/mol. The second-order valence-corrected chi connectivity index (χ2v) is 6.83. The van der Waals surface area contributed by atoms with Crippen molar-refractivity contribution in [2.75, 3.05) is 35.9 Å². The minimum absolute atomic E-state index is 0.0271. The number of nitrogens with one attached hydrogen (secondary N) is 2. The molecule has 3 amide bonds. The number of amides is 3. The van der Waals surface area contributed by atoms with Crippen LogP contribution in [0.25, 0.3) is 0 Å². The van der Waals surface area contributed by atoms with Gasteiger partial charge in [0.15, 0.2) is 0 Å². The molecule has 140 valence electrons. The van der Waals surface area contributed by atoms with Gasteiger partial charge in [0.05, 0.1) is 18.7 Å². The van der Waals surface area contributed by atoms with E-state index in [-0.39, 0.29) is 24.3 Å². The molecule has 3 rings (SSSR count). The van der Waals surface area contributed by atoms with Crippen LogP contribution in [0.3, 0.4) is 0 Å². The number of nitrogens with zero attached hydrogens (tertiary/aromatic N) is 1.